The molecule has 0 aliphatic heterocycles. The van der Waals surface area contributed by atoms with E-state index in [-0.39, 0.29) is 6.61 Å². The zero-order chi connectivity index (χ0) is 15.8. The number of esters is 1. The lowest BCUT2D eigenvalue weighted by atomic mass is 10.2. The van der Waals surface area contributed by atoms with Gasteiger partial charge >= 0.3 is 12.0 Å². The highest BCUT2D eigenvalue weighted by Crippen LogP contribution is 2.08. The van der Waals surface area contributed by atoms with Crippen LogP contribution >= 0.6 is 0 Å². The summed E-state index contributed by atoms with van der Waals surface area (Å²) in [5.41, 5.74) is 5.90. The minimum Gasteiger partial charge on any atom is -0.460 e. The van der Waals surface area contributed by atoms with Crippen LogP contribution in [-0.2, 0) is 9.53 Å². The van der Waals surface area contributed by atoms with Crippen molar-refractivity contribution in [2.75, 3.05) is 11.9 Å². The van der Waals surface area contributed by atoms with Crippen molar-refractivity contribution in [2.45, 2.75) is 13.0 Å². The molecular formula is C14H17N3O4. The number of rotatable bonds is 6. The van der Waals surface area contributed by atoms with E-state index in [0.29, 0.717) is 11.3 Å². The van der Waals surface area contributed by atoms with Crippen LogP contribution in [0, 0.1) is 0 Å². The summed E-state index contributed by atoms with van der Waals surface area (Å²) < 4.78 is 4.80. The van der Waals surface area contributed by atoms with Gasteiger partial charge < -0.3 is 21.1 Å². The molecule has 1 unspecified atom stereocenters. The van der Waals surface area contributed by atoms with Crippen molar-refractivity contribution in [3.05, 3.63) is 42.5 Å². The van der Waals surface area contributed by atoms with Crippen molar-refractivity contribution in [3.63, 3.8) is 0 Å². The molecule has 0 aromatic heterocycles. The number of nitrogens with one attached hydrogen (secondary N) is 2. The number of hydrogen-bond donors (Lipinski definition) is 3. The number of urea groups is 1. The van der Waals surface area contributed by atoms with Crippen LogP contribution in [0.1, 0.15) is 17.3 Å². The number of amides is 3. The van der Waals surface area contributed by atoms with E-state index in [1.807, 2.05) is 0 Å². The summed E-state index contributed by atoms with van der Waals surface area (Å²) in [6.45, 7) is 5.00. The van der Waals surface area contributed by atoms with Gasteiger partial charge in [0.1, 0.15) is 12.6 Å². The van der Waals surface area contributed by atoms with Crippen molar-refractivity contribution in [1.82, 2.24) is 5.32 Å². The third-order valence-corrected chi connectivity index (χ3v) is 2.47. The van der Waals surface area contributed by atoms with E-state index in [0.717, 1.165) is 0 Å². The summed E-state index contributed by atoms with van der Waals surface area (Å²) in [4.78, 5) is 34.0. The standard InChI is InChI=1S/C14H17N3O4/c1-3-8-21-13(19)9(2)16-14(20)17-11-6-4-10(5-7-11)12(15)18/h3-7,9H,1,8H2,2H3,(H2,15,18)(H2,16,17,20). The van der Waals surface area contributed by atoms with E-state index < -0.39 is 23.9 Å². The highest BCUT2D eigenvalue weighted by atomic mass is 16.5. The molecule has 0 aliphatic carbocycles. The molecule has 0 saturated carbocycles. The number of carbonyl (C=O) groups excluding carboxylic acids is 3. The molecule has 4 N–H and O–H groups in total. The van der Waals surface area contributed by atoms with Gasteiger partial charge in [-0.05, 0) is 31.2 Å². The van der Waals surface area contributed by atoms with Gasteiger partial charge in [0.2, 0.25) is 5.91 Å². The summed E-state index contributed by atoms with van der Waals surface area (Å²) in [7, 11) is 0. The monoisotopic (exact) mass is 291 g/mol. The molecule has 0 radical (unpaired) electrons. The smallest absolute Gasteiger partial charge is 0.328 e. The maximum atomic E-state index is 11.7. The van der Waals surface area contributed by atoms with Gasteiger partial charge in [-0.1, -0.05) is 12.7 Å². The van der Waals surface area contributed by atoms with Crippen LogP contribution in [0.5, 0.6) is 0 Å². The molecule has 112 valence electrons. The van der Waals surface area contributed by atoms with E-state index >= 15 is 0 Å². The lowest BCUT2D eigenvalue weighted by Crippen LogP contribution is -2.41. The highest BCUT2D eigenvalue weighted by Gasteiger charge is 2.16. The molecule has 0 aliphatic rings. The van der Waals surface area contributed by atoms with Crippen molar-refractivity contribution in [3.8, 4) is 0 Å². The lowest BCUT2D eigenvalue weighted by molar-refractivity contribution is -0.144. The number of nitrogens with two attached hydrogens (primary N) is 1. The Morgan fingerprint density at radius 1 is 1.33 bits per heavy atom. The Bertz CT molecular complexity index is 540. The van der Waals surface area contributed by atoms with Gasteiger partial charge in [-0.3, -0.25) is 4.79 Å². The topological polar surface area (TPSA) is 111 Å². The first-order chi connectivity index (χ1) is 9.93. The van der Waals surface area contributed by atoms with Crippen LogP contribution in [0.25, 0.3) is 0 Å². The zero-order valence-electron chi connectivity index (χ0n) is 11.6. The molecule has 0 bridgehead atoms. The number of primary amides is 1. The molecule has 7 heteroatoms. The molecule has 7 nitrogen and oxygen atoms in total. The second-order valence-corrected chi connectivity index (χ2v) is 4.18. The van der Waals surface area contributed by atoms with Crippen LogP contribution in [0.15, 0.2) is 36.9 Å². The minimum atomic E-state index is -0.796. The lowest BCUT2D eigenvalue weighted by Gasteiger charge is -2.13. The van der Waals surface area contributed by atoms with Gasteiger partial charge in [-0.15, -0.1) is 0 Å². The molecule has 0 saturated heterocycles. The Kier molecular flexibility index (Phi) is 5.94. The fourth-order valence-electron chi connectivity index (χ4n) is 1.41. The summed E-state index contributed by atoms with van der Waals surface area (Å²) in [5.74, 6) is -1.11. The van der Waals surface area contributed by atoms with Gasteiger partial charge in [0.25, 0.3) is 0 Å². The Labute approximate surface area is 122 Å². The molecule has 1 aromatic carbocycles. The fraction of sp³-hybridized carbons (Fsp3) is 0.214. The van der Waals surface area contributed by atoms with Crippen LogP contribution in [0.3, 0.4) is 0 Å². The fourth-order valence-corrected chi connectivity index (χ4v) is 1.41. The van der Waals surface area contributed by atoms with Crippen molar-refractivity contribution in [2.24, 2.45) is 5.73 Å². The number of ether oxygens (including phenoxy) is 1. The quantitative estimate of drug-likeness (QED) is 0.537. The molecule has 1 rings (SSSR count). The Morgan fingerprint density at radius 2 is 1.95 bits per heavy atom. The van der Waals surface area contributed by atoms with Crippen molar-refractivity contribution in [1.29, 1.82) is 0 Å². The van der Waals surface area contributed by atoms with Crippen molar-refractivity contribution < 1.29 is 19.1 Å². The average molecular weight is 291 g/mol. The maximum Gasteiger partial charge on any atom is 0.328 e. The van der Waals surface area contributed by atoms with Crippen LogP contribution in [0.4, 0.5) is 10.5 Å². The number of anilines is 1. The highest BCUT2D eigenvalue weighted by molar-refractivity contribution is 5.95. The number of benzene rings is 1. The van der Waals surface area contributed by atoms with Crippen molar-refractivity contribution >= 4 is 23.6 Å². The van der Waals surface area contributed by atoms with Crippen LogP contribution < -0.4 is 16.4 Å². The van der Waals surface area contributed by atoms with E-state index in [2.05, 4.69) is 17.2 Å². The first-order valence-electron chi connectivity index (χ1n) is 6.19. The molecule has 21 heavy (non-hydrogen) atoms. The van der Waals surface area contributed by atoms with Gasteiger partial charge in [-0.25, -0.2) is 9.59 Å². The number of hydrogen-bond acceptors (Lipinski definition) is 4. The molecule has 1 atom stereocenters. The van der Waals surface area contributed by atoms with Crippen LogP contribution in [0.2, 0.25) is 0 Å². The SMILES string of the molecule is C=CCOC(=O)C(C)NC(=O)Nc1ccc(C(N)=O)cc1. The van der Waals surface area contributed by atoms with E-state index in [9.17, 15) is 14.4 Å². The Hall–Kier alpha value is -2.83. The third kappa shape index (κ3) is 5.35. The van der Waals surface area contributed by atoms with E-state index in [4.69, 9.17) is 10.5 Å². The average Bonchev–Trinajstić information content (AvgIpc) is 2.45. The minimum absolute atomic E-state index is 0.0844. The predicted molar refractivity (Wildman–Crippen MR) is 77.7 cm³/mol. The van der Waals surface area contributed by atoms with Gasteiger partial charge in [0.05, 0.1) is 0 Å². The summed E-state index contributed by atoms with van der Waals surface area (Å²) in [5, 5.41) is 4.94. The van der Waals surface area contributed by atoms with E-state index in [1.165, 1.54) is 37.3 Å². The zero-order valence-corrected chi connectivity index (χ0v) is 11.6. The first kappa shape index (κ1) is 16.2. The molecule has 0 spiro atoms. The first-order valence-corrected chi connectivity index (χ1v) is 6.19. The van der Waals surface area contributed by atoms with Crippen LogP contribution in [-0.4, -0.2) is 30.6 Å². The summed E-state index contributed by atoms with van der Waals surface area (Å²) >= 11 is 0. The van der Waals surface area contributed by atoms with Gasteiger partial charge in [0, 0.05) is 11.3 Å². The molecule has 3 amide bonds. The van der Waals surface area contributed by atoms with E-state index in [1.54, 1.807) is 0 Å². The van der Waals surface area contributed by atoms with Gasteiger partial charge in [-0.2, -0.15) is 0 Å². The molecule has 0 fully saturated rings. The maximum absolute atomic E-state index is 11.7. The predicted octanol–water partition coefficient (Wildman–Crippen LogP) is 1.02. The second kappa shape index (κ2) is 7.68. The Balaban J connectivity index is 2.51. The third-order valence-electron chi connectivity index (χ3n) is 2.47. The Morgan fingerprint density at radius 3 is 2.48 bits per heavy atom. The van der Waals surface area contributed by atoms with Gasteiger partial charge in [0.15, 0.2) is 0 Å². The second-order valence-electron chi connectivity index (χ2n) is 4.18. The molecule has 1 aromatic rings. The largest absolute Gasteiger partial charge is 0.460 e. The summed E-state index contributed by atoms with van der Waals surface area (Å²) in [6, 6.07) is 4.67. The molecular weight excluding hydrogens is 274 g/mol. The number of carbonyl (C=O) groups is 3. The summed E-state index contributed by atoms with van der Waals surface area (Å²) in [6.07, 6.45) is 1.44. The molecule has 0 heterocycles. The normalized spacial score (nSPS) is 11.1.